The number of ether oxygens (including phenoxy) is 1. The van der Waals surface area contributed by atoms with Crippen molar-refractivity contribution in [3.8, 4) is 0 Å². The van der Waals surface area contributed by atoms with Gasteiger partial charge in [0.2, 0.25) is 0 Å². The van der Waals surface area contributed by atoms with Gasteiger partial charge in [-0.05, 0) is 43.9 Å². The van der Waals surface area contributed by atoms with Gasteiger partial charge in [-0.15, -0.1) is 0 Å². The third-order valence-corrected chi connectivity index (χ3v) is 6.24. The van der Waals surface area contributed by atoms with E-state index in [9.17, 15) is 0 Å². The fourth-order valence-corrected chi connectivity index (χ4v) is 5.23. The minimum absolute atomic E-state index is 0.244. The van der Waals surface area contributed by atoms with Crippen molar-refractivity contribution in [2.45, 2.75) is 63.0 Å². The first kappa shape index (κ1) is 13.3. The van der Waals surface area contributed by atoms with E-state index >= 15 is 0 Å². The lowest BCUT2D eigenvalue weighted by Gasteiger charge is -2.38. The van der Waals surface area contributed by atoms with Crippen LogP contribution >= 0.6 is 11.8 Å². The SMILES string of the molecule is C1CCC(CCNC2CCOC3(CCSC3)C2)C1. The lowest BCUT2D eigenvalue weighted by Crippen LogP contribution is -2.47. The largest absolute Gasteiger partial charge is 0.374 e. The first-order chi connectivity index (χ1) is 8.86. The van der Waals surface area contributed by atoms with Crippen LogP contribution < -0.4 is 5.32 Å². The number of rotatable bonds is 4. The van der Waals surface area contributed by atoms with Crippen LogP contribution in [0.4, 0.5) is 0 Å². The van der Waals surface area contributed by atoms with Crippen LogP contribution in [0.3, 0.4) is 0 Å². The summed E-state index contributed by atoms with van der Waals surface area (Å²) in [6.45, 7) is 2.21. The van der Waals surface area contributed by atoms with E-state index in [0.29, 0.717) is 0 Å². The van der Waals surface area contributed by atoms with E-state index in [-0.39, 0.29) is 5.60 Å². The van der Waals surface area contributed by atoms with Gasteiger partial charge in [0, 0.05) is 18.4 Å². The fraction of sp³-hybridized carbons (Fsp3) is 1.00. The summed E-state index contributed by atoms with van der Waals surface area (Å²) < 4.78 is 6.08. The molecule has 3 fully saturated rings. The zero-order chi connectivity index (χ0) is 12.3. The Kier molecular flexibility index (Phi) is 4.53. The van der Waals surface area contributed by atoms with Crippen LogP contribution in [0.2, 0.25) is 0 Å². The predicted octanol–water partition coefficient (Wildman–Crippen LogP) is 3.21. The predicted molar refractivity (Wildman–Crippen MR) is 78.2 cm³/mol. The second-order valence-corrected chi connectivity index (χ2v) is 7.52. The van der Waals surface area contributed by atoms with Crippen molar-refractivity contribution >= 4 is 11.8 Å². The molecule has 2 saturated heterocycles. The normalized spacial score (nSPS) is 37.7. The Bertz CT molecular complexity index is 259. The van der Waals surface area contributed by atoms with Gasteiger partial charge < -0.3 is 10.1 Å². The van der Waals surface area contributed by atoms with Crippen LogP contribution in [0.5, 0.6) is 0 Å². The zero-order valence-electron chi connectivity index (χ0n) is 11.5. The molecule has 1 aliphatic carbocycles. The van der Waals surface area contributed by atoms with Crippen LogP contribution in [-0.2, 0) is 4.74 Å². The van der Waals surface area contributed by atoms with Gasteiger partial charge in [-0.1, -0.05) is 25.7 Å². The van der Waals surface area contributed by atoms with Gasteiger partial charge in [0.1, 0.15) is 0 Å². The number of hydrogen-bond donors (Lipinski definition) is 1. The molecule has 3 rings (SSSR count). The highest BCUT2D eigenvalue weighted by Gasteiger charge is 2.40. The van der Waals surface area contributed by atoms with E-state index in [4.69, 9.17) is 4.74 Å². The molecule has 0 amide bonds. The smallest absolute Gasteiger partial charge is 0.0795 e. The summed E-state index contributed by atoms with van der Waals surface area (Å²) in [6.07, 6.45) is 11.1. The maximum Gasteiger partial charge on any atom is 0.0795 e. The fourth-order valence-electron chi connectivity index (χ4n) is 3.86. The molecule has 1 N–H and O–H groups in total. The molecule has 18 heavy (non-hydrogen) atoms. The topological polar surface area (TPSA) is 21.3 Å². The van der Waals surface area contributed by atoms with Crippen LogP contribution in [0, 0.1) is 5.92 Å². The maximum atomic E-state index is 6.08. The molecule has 3 heteroatoms. The van der Waals surface area contributed by atoms with Crippen molar-refractivity contribution in [2.24, 2.45) is 5.92 Å². The average molecular weight is 269 g/mol. The Labute approximate surface area is 116 Å². The Morgan fingerprint density at radius 2 is 2.11 bits per heavy atom. The van der Waals surface area contributed by atoms with E-state index in [1.165, 1.54) is 69.4 Å². The maximum absolute atomic E-state index is 6.08. The third-order valence-electron chi connectivity index (χ3n) is 5.02. The van der Waals surface area contributed by atoms with Crippen molar-refractivity contribution in [2.75, 3.05) is 24.7 Å². The van der Waals surface area contributed by atoms with Gasteiger partial charge in [0.15, 0.2) is 0 Å². The Hall–Kier alpha value is 0.270. The second kappa shape index (κ2) is 6.15. The molecular weight excluding hydrogens is 242 g/mol. The van der Waals surface area contributed by atoms with Gasteiger partial charge in [-0.2, -0.15) is 11.8 Å². The molecular formula is C15H27NOS. The molecule has 1 spiro atoms. The molecule has 0 bridgehead atoms. The Morgan fingerprint density at radius 3 is 2.89 bits per heavy atom. The highest BCUT2D eigenvalue weighted by atomic mass is 32.2. The molecule has 0 aromatic rings. The molecule has 2 unspecified atom stereocenters. The van der Waals surface area contributed by atoms with Crippen LogP contribution in [-0.4, -0.2) is 36.3 Å². The molecule has 2 atom stereocenters. The summed E-state index contributed by atoms with van der Waals surface area (Å²) in [5.41, 5.74) is 0.244. The minimum atomic E-state index is 0.244. The van der Waals surface area contributed by atoms with Crippen molar-refractivity contribution in [1.29, 1.82) is 0 Å². The van der Waals surface area contributed by atoms with E-state index in [0.717, 1.165) is 18.6 Å². The highest BCUT2D eigenvalue weighted by Crippen LogP contribution is 2.38. The lowest BCUT2D eigenvalue weighted by molar-refractivity contribution is -0.0701. The van der Waals surface area contributed by atoms with Crippen LogP contribution in [0.1, 0.15) is 51.4 Å². The summed E-state index contributed by atoms with van der Waals surface area (Å²) in [5.74, 6) is 3.55. The quantitative estimate of drug-likeness (QED) is 0.847. The van der Waals surface area contributed by atoms with E-state index < -0.39 is 0 Å². The monoisotopic (exact) mass is 269 g/mol. The Balaban J connectivity index is 1.39. The molecule has 0 radical (unpaired) electrons. The number of nitrogens with one attached hydrogen (secondary N) is 1. The summed E-state index contributed by atoms with van der Waals surface area (Å²) in [6, 6.07) is 0.721. The van der Waals surface area contributed by atoms with Crippen molar-refractivity contribution in [3.63, 3.8) is 0 Å². The van der Waals surface area contributed by atoms with Gasteiger partial charge in [-0.3, -0.25) is 0 Å². The summed E-state index contributed by atoms with van der Waals surface area (Å²) in [7, 11) is 0. The number of thioether (sulfide) groups is 1. The zero-order valence-corrected chi connectivity index (χ0v) is 12.3. The van der Waals surface area contributed by atoms with Crippen LogP contribution in [0.15, 0.2) is 0 Å². The van der Waals surface area contributed by atoms with Crippen LogP contribution in [0.25, 0.3) is 0 Å². The standard InChI is InChI=1S/C15H27NOS/c1-2-4-13(3-1)5-8-16-14-6-9-17-15(11-14)7-10-18-12-15/h13-14,16H,1-12H2. The first-order valence-electron chi connectivity index (χ1n) is 7.81. The van der Waals surface area contributed by atoms with E-state index in [1.54, 1.807) is 0 Å². The molecule has 2 aliphatic heterocycles. The summed E-state index contributed by atoms with van der Waals surface area (Å²) in [4.78, 5) is 0. The molecule has 2 nitrogen and oxygen atoms in total. The van der Waals surface area contributed by atoms with E-state index in [1.807, 2.05) is 0 Å². The molecule has 0 aromatic heterocycles. The Morgan fingerprint density at radius 1 is 1.22 bits per heavy atom. The molecule has 1 saturated carbocycles. The first-order valence-corrected chi connectivity index (χ1v) is 8.97. The summed E-state index contributed by atoms with van der Waals surface area (Å²) >= 11 is 2.07. The molecule has 2 heterocycles. The molecule has 104 valence electrons. The molecule has 3 aliphatic rings. The third kappa shape index (κ3) is 3.23. The van der Waals surface area contributed by atoms with Gasteiger partial charge in [-0.25, -0.2) is 0 Å². The van der Waals surface area contributed by atoms with Gasteiger partial charge in [0.05, 0.1) is 5.60 Å². The second-order valence-electron chi connectivity index (χ2n) is 6.42. The summed E-state index contributed by atoms with van der Waals surface area (Å²) in [5, 5.41) is 3.81. The van der Waals surface area contributed by atoms with Crippen molar-refractivity contribution in [1.82, 2.24) is 5.32 Å². The lowest BCUT2D eigenvalue weighted by atomic mass is 9.89. The average Bonchev–Trinajstić information content (AvgIpc) is 3.02. The van der Waals surface area contributed by atoms with Crippen molar-refractivity contribution < 1.29 is 4.74 Å². The van der Waals surface area contributed by atoms with Gasteiger partial charge >= 0.3 is 0 Å². The minimum Gasteiger partial charge on any atom is -0.374 e. The number of hydrogen-bond acceptors (Lipinski definition) is 3. The molecule has 0 aromatic carbocycles. The van der Waals surface area contributed by atoms with Crippen molar-refractivity contribution in [3.05, 3.63) is 0 Å². The van der Waals surface area contributed by atoms with Gasteiger partial charge in [0.25, 0.3) is 0 Å². The highest BCUT2D eigenvalue weighted by molar-refractivity contribution is 7.99. The van der Waals surface area contributed by atoms with E-state index in [2.05, 4.69) is 17.1 Å².